The summed E-state index contributed by atoms with van der Waals surface area (Å²) < 4.78 is 0. The van der Waals surface area contributed by atoms with Crippen LogP contribution in [-0.4, -0.2) is 15.0 Å². The Morgan fingerprint density at radius 2 is 1.08 bits per heavy atom. The molecule has 0 aliphatic carbocycles. The van der Waals surface area contributed by atoms with E-state index in [1.54, 1.807) is 24.7 Å². The van der Waals surface area contributed by atoms with E-state index in [2.05, 4.69) is 41.4 Å². The van der Waals surface area contributed by atoms with Crippen LogP contribution in [0.5, 0.6) is 0 Å². The van der Waals surface area contributed by atoms with Crippen molar-refractivity contribution in [1.82, 2.24) is 15.0 Å². The lowest BCUT2D eigenvalue weighted by atomic mass is 10.2. The van der Waals surface area contributed by atoms with Gasteiger partial charge >= 0.3 is 0 Å². The number of nitrogen functional groups attached to an aromatic ring is 1. The SMILES string of the molecule is CC.CCCC.Cc1ccccc1N.Cc1ccccc1S.Cc1ccccn1.Cc1ncccn1. The number of thiol groups is 1. The van der Waals surface area contributed by atoms with E-state index in [-0.39, 0.29) is 0 Å². The highest BCUT2D eigenvalue weighted by Gasteiger charge is 1.85. The van der Waals surface area contributed by atoms with Crippen LogP contribution in [0.15, 0.2) is 96.3 Å². The highest BCUT2D eigenvalue weighted by molar-refractivity contribution is 7.80. The maximum atomic E-state index is 5.52. The van der Waals surface area contributed by atoms with E-state index < -0.39 is 0 Å². The predicted molar refractivity (Wildman–Crippen MR) is 162 cm³/mol. The quantitative estimate of drug-likeness (QED) is 0.200. The van der Waals surface area contributed by atoms with Crippen LogP contribution in [0.1, 0.15) is 63.2 Å². The fourth-order valence-electron chi connectivity index (χ4n) is 1.97. The number of nitrogens with two attached hydrogens (primary N) is 1. The highest BCUT2D eigenvalue weighted by atomic mass is 32.1. The van der Waals surface area contributed by atoms with Crippen LogP contribution in [0.25, 0.3) is 0 Å². The molecule has 4 nitrogen and oxygen atoms in total. The monoisotopic (exact) mass is 506 g/mol. The number of hydrogen-bond donors (Lipinski definition) is 2. The summed E-state index contributed by atoms with van der Waals surface area (Å²) in [5.41, 5.74) is 9.84. The Morgan fingerprint density at radius 1 is 0.611 bits per heavy atom. The van der Waals surface area contributed by atoms with Crippen LogP contribution in [0.4, 0.5) is 5.69 Å². The largest absolute Gasteiger partial charge is 0.399 e. The molecule has 0 saturated heterocycles. The van der Waals surface area contributed by atoms with Crippen molar-refractivity contribution in [2.24, 2.45) is 0 Å². The second-order valence-electron chi connectivity index (χ2n) is 7.41. The smallest absolute Gasteiger partial charge is 0.125 e. The summed E-state index contributed by atoms with van der Waals surface area (Å²) in [6.45, 7) is 16.2. The first-order valence-corrected chi connectivity index (χ1v) is 12.9. The van der Waals surface area contributed by atoms with Crippen molar-refractivity contribution in [3.8, 4) is 0 Å². The van der Waals surface area contributed by atoms with Crippen LogP contribution < -0.4 is 5.73 Å². The highest BCUT2D eigenvalue weighted by Crippen LogP contribution is 2.09. The first-order valence-electron chi connectivity index (χ1n) is 12.5. The molecule has 0 radical (unpaired) electrons. The zero-order valence-corrected chi connectivity index (χ0v) is 24.3. The van der Waals surface area contributed by atoms with Crippen LogP contribution in [-0.2, 0) is 0 Å². The molecular formula is C31H46N4S. The Hall–Kier alpha value is -3.18. The third-order valence-corrected chi connectivity index (χ3v) is 4.81. The standard InChI is InChI=1S/C7H9N.C7H8S.C6H7N.C5H6N2.C4H10.C2H6/c2*1-6-4-2-3-5-7(6)8;1-6-4-2-3-5-7-6;1-5-6-3-2-4-7-5;1-3-4-2;1-2/h2-5H,8H2,1H3;2-5,8H,1H3;2-5H,1H3;2-4H,1H3;3-4H2,1-2H3;1-2H3. The Morgan fingerprint density at radius 3 is 1.33 bits per heavy atom. The molecule has 0 amide bonds. The molecule has 2 aromatic carbocycles. The molecule has 0 fully saturated rings. The average molecular weight is 507 g/mol. The van der Waals surface area contributed by atoms with Crippen molar-refractivity contribution in [2.75, 3.05) is 5.73 Å². The molecule has 2 N–H and O–H groups in total. The lowest BCUT2D eigenvalue weighted by Crippen LogP contribution is -1.85. The Bertz CT molecular complexity index is 868. The molecule has 0 aliphatic rings. The fourth-order valence-corrected chi connectivity index (χ4v) is 2.13. The van der Waals surface area contributed by atoms with E-state index in [4.69, 9.17) is 5.73 Å². The van der Waals surface area contributed by atoms with Gasteiger partial charge in [0.25, 0.3) is 0 Å². The number of aryl methyl sites for hydroxylation is 4. The zero-order chi connectivity index (χ0) is 27.6. The minimum atomic E-state index is 0.822. The lowest BCUT2D eigenvalue weighted by Gasteiger charge is -1.93. The van der Waals surface area contributed by atoms with Crippen LogP contribution in [0.3, 0.4) is 0 Å². The maximum absolute atomic E-state index is 5.52. The van der Waals surface area contributed by atoms with E-state index in [0.29, 0.717) is 0 Å². The number of unbranched alkanes of at least 4 members (excludes halogenated alkanes) is 1. The van der Waals surface area contributed by atoms with Gasteiger partial charge in [-0.15, -0.1) is 12.6 Å². The summed E-state index contributed by atoms with van der Waals surface area (Å²) in [6, 6.07) is 23.5. The number of hydrogen-bond acceptors (Lipinski definition) is 5. The number of pyridine rings is 1. The maximum Gasteiger partial charge on any atom is 0.125 e. The van der Waals surface area contributed by atoms with Crippen LogP contribution in [0, 0.1) is 27.7 Å². The molecule has 2 heterocycles. The molecule has 4 rings (SSSR count). The Labute approximate surface area is 225 Å². The number of para-hydroxylation sites is 1. The van der Waals surface area contributed by atoms with Crippen molar-refractivity contribution in [3.05, 3.63) is 114 Å². The lowest BCUT2D eigenvalue weighted by molar-refractivity contribution is 0.886. The third-order valence-electron chi connectivity index (χ3n) is 4.31. The second-order valence-corrected chi connectivity index (χ2v) is 7.89. The number of benzene rings is 2. The van der Waals surface area contributed by atoms with Gasteiger partial charge in [0.15, 0.2) is 0 Å². The van der Waals surface area contributed by atoms with E-state index in [9.17, 15) is 0 Å². The summed E-state index contributed by atoms with van der Waals surface area (Å²) in [7, 11) is 0. The number of anilines is 1. The molecule has 0 spiro atoms. The number of nitrogens with zero attached hydrogens (tertiary/aromatic N) is 3. The molecule has 36 heavy (non-hydrogen) atoms. The molecule has 0 aliphatic heterocycles. The molecule has 4 aromatic rings. The van der Waals surface area contributed by atoms with Gasteiger partial charge in [0.2, 0.25) is 0 Å². The summed E-state index contributed by atoms with van der Waals surface area (Å²) in [4.78, 5) is 12.8. The van der Waals surface area contributed by atoms with Gasteiger partial charge in [-0.3, -0.25) is 4.98 Å². The van der Waals surface area contributed by atoms with Gasteiger partial charge in [0.1, 0.15) is 5.82 Å². The van der Waals surface area contributed by atoms with Crippen molar-refractivity contribution in [2.45, 2.75) is 73.1 Å². The molecule has 2 aromatic heterocycles. The summed E-state index contributed by atoms with van der Waals surface area (Å²) in [5, 5.41) is 0. The topological polar surface area (TPSA) is 64.7 Å². The van der Waals surface area contributed by atoms with Crippen LogP contribution in [0.2, 0.25) is 0 Å². The van der Waals surface area contributed by atoms with Gasteiger partial charge < -0.3 is 5.73 Å². The average Bonchev–Trinajstić information content (AvgIpc) is 2.91. The van der Waals surface area contributed by atoms with Crippen LogP contribution >= 0.6 is 12.6 Å². The zero-order valence-electron chi connectivity index (χ0n) is 23.4. The minimum Gasteiger partial charge on any atom is -0.399 e. The van der Waals surface area contributed by atoms with E-state index in [1.165, 1.54) is 18.4 Å². The minimum absolute atomic E-state index is 0.822. The Balaban J connectivity index is 0. The van der Waals surface area contributed by atoms with Gasteiger partial charge in [-0.05, 0) is 69.2 Å². The second kappa shape index (κ2) is 24.9. The molecule has 0 unspecified atom stereocenters. The first-order chi connectivity index (χ1) is 17.3. The van der Waals surface area contributed by atoms with Crippen molar-refractivity contribution < 1.29 is 0 Å². The van der Waals surface area contributed by atoms with Crippen molar-refractivity contribution >= 4 is 18.3 Å². The third kappa shape index (κ3) is 21.4. The normalized spacial score (nSPS) is 8.47. The molecule has 196 valence electrons. The Kier molecular flexibility index (Phi) is 24.2. The summed E-state index contributed by atoms with van der Waals surface area (Å²) in [5.74, 6) is 0.822. The van der Waals surface area contributed by atoms with E-state index >= 15 is 0 Å². The first kappa shape index (κ1) is 35.0. The van der Waals surface area contributed by atoms with E-state index in [0.717, 1.165) is 27.7 Å². The number of aromatic nitrogens is 3. The molecule has 0 bridgehead atoms. The fraction of sp³-hybridized carbons (Fsp3) is 0.323. The van der Waals surface area contributed by atoms with Crippen molar-refractivity contribution in [1.29, 1.82) is 0 Å². The van der Waals surface area contributed by atoms with E-state index in [1.807, 2.05) is 108 Å². The summed E-state index contributed by atoms with van der Waals surface area (Å²) in [6.07, 6.45) is 7.88. The molecular weight excluding hydrogens is 460 g/mol. The van der Waals surface area contributed by atoms with Crippen molar-refractivity contribution in [3.63, 3.8) is 0 Å². The van der Waals surface area contributed by atoms with Gasteiger partial charge in [-0.1, -0.05) is 83.0 Å². The van der Waals surface area contributed by atoms with Gasteiger partial charge in [0.05, 0.1) is 0 Å². The molecule has 5 heteroatoms. The summed E-state index contributed by atoms with van der Waals surface area (Å²) >= 11 is 4.20. The molecule has 0 saturated carbocycles. The predicted octanol–water partition coefficient (Wildman–Crippen LogP) is 8.87. The van der Waals surface area contributed by atoms with Gasteiger partial charge in [0, 0.05) is 34.9 Å². The van der Waals surface area contributed by atoms with Gasteiger partial charge in [-0.2, -0.15) is 0 Å². The number of rotatable bonds is 1. The molecule has 0 atom stereocenters. The van der Waals surface area contributed by atoms with Gasteiger partial charge in [-0.25, -0.2) is 9.97 Å².